The molecule has 1 amide bonds. The second-order valence-electron chi connectivity index (χ2n) is 6.72. The van der Waals surface area contributed by atoms with E-state index in [-0.39, 0.29) is 17.8 Å². The average Bonchev–Trinajstić information content (AvgIpc) is 3.33. The summed E-state index contributed by atoms with van der Waals surface area (Å²) in [5.41, 5.74) is 2.73. The maximum absolute atomic E-state index is 13.0. The summed E-state index contributed by atoms with van der Waals surface area (Å²) < 4.78 is 20.0. The Bertz CT molecular complexity index is 965. The molecule has 1 aromatic carbocycles. The van der Waals surface area contributed by atoms with Crippen LogP contribution in [-0.2, 0) is 24.7 Å². The Kier molecular flexibility index (Phi) is 5.16. The normalized spacial score (nSPS) is 16.0. The molecule has 0 saturated carbocycles. The first-order chi connectivity index (χ1) is 13.6. The molecule has 3 heterocycles. The Morgan fingerprint density at radius 2 is 2.21 bits per heavy atom. The Hall–Kier alpha value is -3.07. The van der Waals surface area contributed by atoms with E-state index < -0.39 is 0 Å². The van der Waals surface area contributed by atoms with Crippen molar-refractivity contribution in [2.75, 3.05) is 13.1 Å². The highest BCUT2D eigenvalue weighted by Gasteiger charge is 2.28. The third-order valence-electron chi connectivity index (χ3n) is 4.81. The van der Waals surface area contributed by atoms with Crippen molar-refractivity contribution in [3.63, 3.8) is 0 Å². The molecule has 0 spiro atoms. The van der Waals surface area contributed by atoms with Gasteiger partial charge in [0.25, 0.3) is 0 Å². The SMILES string of the molecule is Cn1ncc2c1CCNC2C(=O)NCCCc1nc(-c2ccc(F)cc2)no1. The van der Waals surface area contributed by atoms with E-state index in [1.165, 1.54) is 12.1 Å². The van der Waals surface area contributed by atoms with Gasteiger partial charge in [-0.1, -0.05) is 5.16 Å². The number of hydrogen-bond acceptors (Lipinski definition) is 6. The number of aromatic nitrogens is 4. The second-order valence-corrected chi connectivity index (χ2v) is 6.72. The van der Waals surface area contributed by atoms with Gasteiger partial charge in [0.2, 0.25) is 17.6 Å². The van der Waals surface area contributed by atoms with Crippen LogP contribution >= 0.6 is 0 Å². The van der Waals surface area contributed by atoms with Crippen molar-refractivity contribution in [2.24, 2.45) is 7.05 Å². The van der Waals surface area contributed by atoms with Crippen LogP contribution in [0.1, 0.15) is 29.6 Å². The van der Waals surface area contributed by atoms with Crippen LogP contribution in [0.3, 0.4) is 0 Å². The fourth-order valence-corrected chi connectivity index (χ4v) is 3.33. The highest BCUT2D eigenvalue weighted by molar-refractivity contribution is 5.83. The van der Waals surface area contributed by atoms with Crippen molar-refractivity contribution in [3.8, 4) is 11.4 Å². The standard InChI is InChI=1S/C19H21FN6O2/c1-26-15-8-10-21-17(14(15)11-23-26)19(27)22-9-2-3-16-24-18(25-28-16)12-4-6-13(20)7-5-12/h4-7,11,17,21H,2-3,8-10H2,1H3,(H,22,27). The number of fused-ring (bicyclic) bond motifs is 1. The van der Waals surface area contributed by atoms with Crippen molar-refractivity contribution in [1.82, 2.24) is 30.6 Å². The largest absolute Gasteiger partial charge is 0.354 e. The van der Waals surface area contributed by atoms with Gasteiger partial charge in [-0.05, 0) is 30.7 Å². The van der Waals surface area contributed by atoms with E-state index >= 15 is 0 Å². The van der Waals surface area contributed by atoms with Gasteiger partial charge >= 0.3 is 0 Å². The molecule has 0 bridgehead atoms. The molecule has 0 aliphatic carbocycles. The lowest BCUT2D eigenvalue weighted by atomic mass is 10.0. The lowest BCUT2D eigenvalue weighted by Crippen LogP contribution is -2.41. The van der Waals surface area contributed by atoms with E-state index in [1.54, 1.807) is 18.3 Å². The molecule has 28 heavy (non-hydrogen) atoms. The number of rotatable bonds is 6. The predicted octanol–water partition coefficient (Wildman–Crippen LogP) is 1.54. The van der Waals surface area contributed by atoms with Crippen LogP contribution in [0.4, 0.5) is 4.39 Å². The van der Waals surface area contributed by atoms with Gasteiger partial charge < -0.3 is 15.2 Å². The van der Waals surface area contributed by atoms with Gasteiger partial charge in [0.1, 0.15) is 11.9 Å². The molecule has 0 saturated heterocycles. The summed E-state index contributed by atoms with van der Waals surface area (Å²) in [6.45, 7) is 1.25. The maximum atomic E-state index is 13.0. The molecule has 3 aromatic rings. The minimum Gasteiger partial charge on any atom is -0.354 e. The van der Waals surface area contributed by atoms with Crippen LogP contribution in [0.5, 0.6) is 0 Å². The number of nitrogens with one attached hydrogen (secondary N) is 2. The zero-order valence-electron chi connectivity index (χ0n) is 15.5. The minimum atomic E-state index is -0.370. The molecule has 8 nitrogen and oxygen atoms in total. The lowest BCUT2D eigenvalue weighted by molar-refractivity contribution is -0.123. The van der Waals surface area contributed by atoms with Crippen LogP contribution in [0.25, 0.3) is 11.4 Å². The van der Waals surface area contributed by atoms with Crippen LogP contribution < -0.4 is 10.6 Å². The first-order valence-electron chi connectivity index (χ1n) is 9.22. The molecule has 4 rings (SSSR count). The van der Waals surface area contributed by atoms with E-state index in [4.69, 9.17) is 4.52 Å². The fourth-order valence-electron chi connectivity index (χ4n) is 3.33. The fraction of sp³-hybridized carbons (Fsp3) is 0.368. The highest BCUT2D eigenvalue weighted by atomic mass is 19.1. The van der Waals surface area contributed by atoms with Crippen molar-refractivity contribution in [3.05, 3.63) is 53.4 Å². The number of halogens is 1. The molecule has 1 aliphatic heterocycles. The van der Waals surface area contributed by atoms with E-state index in [0.717, 1.165) is 24.2 Å². The highest BCUT2D eigenvalue weighted by Crippen LogP contribution is 2.22. The first-order valence-corrected chi connectivity index (χ1v) is 9.22. The van der Waals surface area contributed by atoms with Gasteiger partial charge in [-0.15, -0.1) is 0 Å². The Labute approximate surface area is 161 Å². The van der Waals surface area contributed by atoms with E-state index in [9.17, 15) is 9.18 Å². The number of benzene rings is 1. The molecule has 1 aliphatic rings. The molecule has 0 fully saturated rings. The maximum Gasteiger partial charge on any atom is 0.241 e. The monoisotopic (exact) mass is 384 g/mol. The molecule has 2 N–H and O–H groups in total. The van der Waals surface area contributed by atoms with Gasteiger partial charge in [-0.3, -0.25) is 9.48 Å². The molecule has 2 aromatic heterocycles. The molecule has 146 valence electrons. The third kappa shape index (κ3) is 3.79. The summed E-state index contributed by atoms with van der Waals surface area (Å²) >= 11 is 0. The van der Waals surface area contributed by atoms with Gasteiger partial charge in [-0.2, -0.15) is 10.1 Å². The average molecular weight is 384 g/mol. The number of amides is 1. The molecule has 1 atom stereocenters. The Balaban J connectivity index is 1.27. The van der Waals surface area contributed by atoms with Crippen LogP contribution in [0.2, 0.25) is 0 Å². The molecular formula is C19H21FN6O2. The number of nitrogens with zero attached hydrogens (tertiary/aromatic N) is 4. The number of hydrogen-bond donors (Lipinski definition) is 2. The predicted molar refractivity (Wildman–Crippen MR) is 98.7 cm³/mol. The van der Waals surface area contributed by atoms with Crippen LogP contribution in [-0.4, -0.2) is 38.9 Å². The second kappa shape index (κ2) is 7.89. The van der Waals surface area contributed by atoms with Crippen molar-refractivity contribution in [1.29, 1.82) is 0 Å². The smallest absolute Gasteiger partial charge is 0.241 e. The van der Waals surface area contributed by atoms with Gasteiger partial charge in [0.05, 0.1) is 6.20 Å². The quantitative estimate of drug-likeness (QED) is 0.626. The Morgan fingerprint density at radius 1 is 1.39 bits per heavy atom. The summed E-state index contributed by atoms with van der Waals surface area (Å²) in [5.74, 6) is 0.536. The van der Waals surface area contributed by atoms with Gasteiger partial charge in [0, 0.05) is 49.8 Å². The van der Waals surface area contributed by atoms with Gasteiger partial charge in [-0.25, -0.2) is 4.39 Å². The van der Waals surface area contributed by atoms with E-state index in [0.29, 0.717) is 36.7 Å². The van der Waals surface area contributed by atoms with E-state index in [2.05, 4.69) is 25.9 Å². The topological polar surface area (TPSA) is 97.9 Å². The summed E-state index contributed by atoms with van der Waals surface area (Å²) in [6.07, 6.45) is 3.83. The molecule has 0 radical (unpaired) electrons. The van der Waals surface area contributed by atoms with E-state index in [1.807, 2.05) is 11.7 Å². The number of aryl methyl sites for hydroxylation is 2. The van der Waals surface area contributed by atoms with Crippen molar-refractivity contribution >= 4 is 5.91 Å². The summed E-state index contributed by atoms with van der Waals surface area (Å²) in [7, 11) is 1.89. The summed E-state index contributed by atoms with van der Waals surface area (Å²) in [6, 6.07) is 5.55. The molecule has 9 heteroatoms. The zero-order valence-corrected chi connectivity index (χ0v) is 15.5. The zero-order chi connectivity index (χ0) is 19.5. The van der Waals surface area contributed by atoms with Crippen LogP contribution in [0.15, 0.2) is 35.0 Å². The number of carbonyl (C=O) groups excluding carboxylic acids is 1. The van der Waals surface area contributed by atoms with Crippen LogP contribution in [0, 0.1) is 5.82 Å². The number of carbonyl (C=O) groups is 1. The molecule has 1 unspecified atom stereocenters. The molecular weight excluding hydrogens is 363 g/mol. The summed E-state index contributed by atoms with van der Waals surface area (Å²) in [4.78, 5) is 16.8. The minimum absolute atomic E-state index is 0.0634. The first kappa shape index (κ1) is 18.3. The van der Waals surface area contributed by atoms with Crippen molar-refractivity contribution in [2.45, 2.75) is 25.3 Å². The lowest BCUT2D eigenvalue weighted by Gasteiger charge is -2.23. The third-order valence-corrected chi connectivity index (χ3v) is 4.81. The van der Waals surface area contributed by atoms with Crippen molar-refractivity contribution < 1.29 is 13.7 Å². The van der Waals surface area contributed by atoms with Gasteiger partial charge in [0.15, 0.2) is 0 Å². The summed E-state index contributed by atoms with van der Waals surface area (Å²) in [5, 5.41) is 14.3. The Morgan fingerprint density at radius 3 is 3.04 bits per heavy atom.